The quantitative estimate of drug-likeness (QED) is 0.770. The van der Waals surface area contributed by atoms with E-state index in [-0.39, 0.29) is 5.91 Å². The zero-order chi connectivity index (χ0) is 16.1. The first-order valence-corrected chi connectivity index (χ1v) is 7.43. The molecule has 0 atom stereocenters. The Hall–Kier alpha value is -1.46. The molecule has 0 fully saturated rings. The lowest BCUT2D eigenvalue weighted by atomic mass is 10.1. The third kappa shape index (κ3) is 4.27. The molecule has 7 heteroatoms. The van der Waals surface area contributed by atoms with Crippen LogP contribution in [0.2, 0.25) is 15.1 Å². The molecule has 0 aliphatic rings. The molecule has 0 spiro atoms. The number of hydrazine groups is 1. The molecule has 0 aromatic heterocycles. The number of anilines is 1. The van der Waals surface area contributed by atoms with Crippen LogP contribution in [0.5, 0.6) is 0 Å². The number of halogens is 3. The minimum atomic E-state index is -0.319. The summed E-state index contributed by atoms with van der Waals surface area (Å²) in [6.45, 7) is 0.434. The fourth-order valence-electron chi connectivity index (χ4n) is 1.82. The van der Waals surface area contributed by atoms with Gasteiger partial charge in [-0.3, -0.25) is 15.6 Å². The fourth-order valence-corrected chi connectivity index (χ4v) is 2.73. The van der Waals surface area contributed by atoms with Crippen LogP contribution in [-0.4, -0.2) is 13.0 Å². The summed E-state index contributed by atoms with van der Waals surface area (Å²) >= 11 is 17.9. The first-order valence-electron chi connectivity index (χ1n) is 6.30. The Morgan fingerprint density at radius 2 is 1.82 bits per heavy atom. The molecule has 0 radical (unpaired) electrons. The maximum atomic E-state index is 12.1. The van der Waals surface area contributed by atoms with Crippen LogP contribution in [0.1, 0.15) is 15.9 Å². The number of hydrogen-bond acceptors (Lipinski definition) is 3. The van der Waals surface area contributed by atoms with Gasteiger partial charge >= 0.3 is 0 Å². The molecular weight excluding hydrogens is 347 g/mol. The molecule has 0 aliphatic carbocycles. The predicted octanol–water partition coefficient (Wildman–Crippen LogP) is 4.55. The van der Waals surface area contributed by atoms with Gasteiger partial charge in [0.1, 0.15) is 0 Å². The molecule has 2 N–H and O–H groups in total. The van der Waals surface area contributed by atoms with Crippen molar-refractivity contribution >= 4 is 46.4 Å². The van der Waals surface area contributed by atoms with E-state index in [1.54, 1.807) is 25.3 Å². The van der Waals surface area contributed by atoms with Gasteiger partial charge in [0.15, 0.2) is 0 Å². The van der Waals surface area contributed by atoms with Crippen molar-refractivity contribution < 1.29 is 9.53 Å². The molecule has 116 valence electrons. The second-order valence-electron chi connectivity index (χ2n) is 4.46. The zero-order valence-electron chi connectivity index (χ0n) is 11.6. The van der Waals surface area contributed by atoms with E-state index in [1.165, 1.54) is 12.1 Å². The normalized spacial score (nSPS) is 10.4. The van der Waals surface area contributed by atoms with Crippen molar-refractivity contribution in [2.75, 3.05) is 12.5 Å². The number of ether oxygens (including phenoxy) is 1. The third-order valence-corrected chi connectivity index (χ3v) is 3.62. The van der Waals surface area contributed by atoms with Crippen LogP contribution < -0.4 is 10.9 Å². The smallest absolute Gasteiger partial charge is 0.269 e. The third-order valence-electron chi connectivity index (χ3n) is 2.81. The molecule has 1 amide bonds. The molecule has 0 unspecified atom stereocenters. The minimum Gasteiger partial charge on any atom is -0.380 e. The minimum absolute atomic E-state index is 0.311. The van der Waals surface area contributed by atoms with E-state index >= 15 is 0 Å². The molecule has 2 aromatic rings. The summed E-state index contributed by atoms with van der Waals surface area (Å²) in [4.78, 5) is 12.1. The van der Waals surface area contributed by atoms with Crippen LogP contribution in [0.4, 0.5) is 5.69 Å². The highest BCUT2D eigenvalue weighted by Gasteiger charge is 2.10. The number of nitrogens with one attached hydrogen (secondary N) is 2. The average Bonchev–Trinajstić information content (AvgIpc) is 2.46. The number of rotatable bonds is 5. The largest absolute Gasteiger partial charge is 0.380 e. The summed E-state index contributed by atoms with van der Waals surface area (Å²) in [6, 6.07) is 10.2. The Morgan fingerprint density at radius 3 is 2.45 bits per heavy atom. The van der Waals surface area contributed by atoms with Crippen molar-refractivity contribution in [1.29, 1.82) is 0 Å². The summed E-state index contributed by atoms with van der Waals surface area (Å²) in [5, 5.41) is 1.04. The van der Waals surface area contributed by atoms with E-state index < -0.39 is 0 Å². The molecule has 4 nitrogen and oxygen atoms in total. The number of methoxy groups -OCH3 is 1. The molecule has 2 aromatic carbocycles. The summed E-state index contributed by atoms with van der Waals surface area (Å²) < 4.78 is 5.04. The van der Waals surface area contributed by atoms with Gasteiger partial charge < -0.3 is 4.74 Å². The maximum Gasteiger partial charge on any atom is 0.269 e. The molecule has 0 bridgehead atoms. The van der Waals surface area contributed by atoms with E-state index in [0.717, 1.165) is 5.56 Å². The number of benzene rings is 2. The lowest BCUT2D eigenvalue weighted by Crippen LogP contribution is -2.29. The summed E-state index contributed by atoms with van der Waals surface area (Å²) in [7, 11) is 1.60. The number of hydrogen-bond donors (Lipinski definition) is 2. The van der Waals surface area contributed by atoms with Gasteiger partial charge in [-0.05, 0) is 29.8 Å². The van der Waals surface area contributed by atoms with Gasteiger partial charge in [0, 0.05) is 17.7 Å². The van der Waals surface area contributed by atoms with E-state index in [0.29, 0.717) is 32.9 Å². The number of carbonyl (C=O) groups is 1. The van der Waals surface area contributed by atoms with E-state index in [2.05, 4.69) is 10.9 Å². The molecule has 22 heavy (non-hydrogen) atoms. The van der Waals surface area contributed by atoms with Gasteiger partial charge in [-0.2, -0.15) is 0 Å². The van der Waals surface area contributed by atoms with Crippen molar-refractivity contribution in [3.8, 4) is 0 Å². The van der Waals surface area contributed by atoms with E-state index in [9.17, 15) is 4.79 Å². The van der Waals surface area contributed by atoms with Gasteiger partial charge in [-0.15, -0.1) is 0 Å². The average molecular weight is 360 g/mol. The monoisotopic (exact) mass is 358 g/mol. The van der Waals surface area contributed by atoms with Gasteiger partial charge in [0.25, 0.3) is 5.91 Å². The van der Waals surface area contributed by atoms with Crippen LogP contribution in [0.25, 0.3) is 0 Å². The van der Waals surface area contributed by atoms with Crippen LogP contribution in [0, 0.1) is 0 Å². The Labute approximate surface area is 143 Å². The summed E-state index contributed by atoms with van der Waals surface area (Å²) in [6.07, 6.45) is 0. The predicted molar refractivity (Wildman–Crippen MR) is 89.7 cm³/mol. The highest BCUT2D eigenvalue weighted by Crippen LogP contribution is 2.33. The van der Waals surface area contributed by atoms with Crippen LogP contribution in [-0.2, 0) is 11.3 Å². The fraction of sp³-hybridized carbons (Fsp3) is 0.133. The zero-order valence-corrected chi connectivity index (χ0v) is 13.9. The van der Waals surface area contributed by atoms with E-state index in [1.807, 2.05) is 6.07 Å². The van der Waals surface area contributed by atoms with Gasteiger partial charge in [0.2, 0.25) is 0 Å². The Kier molecular flexibility index (Phi) is 5.91. The number of amides is 1. The Bertz CT molecular complexity index is 669. The number of carbonyl (C=O) groups excluding carboxylic acids is 1. The lowest BCUT2D eigenvalue weighted by molar-refractivity contribution is 0.0962. The van der Waals surface area contributed by atoms with Crippen molar-refractivity contribution in [2.45, 2.75) is 6.61 Å². The first-order chi connectivity index (χ1) is 10.5. The van der Waals surface area contributed by atoms with Crippen molar-refractivity contribution in [3.63, 3.8) is 0 Å². The maximum absolute atomic E-state index is 12.1. The summed E-state index contributed by atoms with van der Waals surface area (Å²) in [5.41, 5.74) is 7.02. The molecule has 0 saturated carbocycles. The Morgan fingerprint density at radius 1 is 1.14 bits per heavy atom. The topological polar surface area (TPSA) is 50.4 Å². The summed E-state index contributed by atoms with van der Waals surface area (Å²) in [5.74, 6) is -0.319. The van der Waals surface area contributed by atoms with Gasteiger partial charge in [-0.25, -0.2) is 0 Å². The Balaban J connectivity index is 2.09. The molecular formula is C15H13Cl3N2O2. The second kappa shape index (κ2) is 7.70. The standard InChI is InChI=1S/C15H13Cl3N2O2/c1-22-8-9-3-2-4-10(5-9)15(21)20-19-14-12(17)6-11(16)7-13(14)18/h2-7,19H,8H2,1H3,(H,20,21). The highest BCUT2D eigenvalue weighted by molar-refractivity contribution is 6.41. The lowest BCUT2D eigenvalue weighted by Gasteiger charge is -2.12. The van der Waals surface area contributed by atoms with Crippen molar-refractivity contribution in [3.05, 3.63) is 62.6 Å². The van der Waals surface area contributed by atoms with Crippen LogP contribution in [0.15, 0.2) is 36.4 Å². The molecule has 0 heterocycles. The van der Waals surface area contributed by atoms with E-state index in [4.69, 9.17) is 39.5 Å². The van der Waals surface area contributed by atoms with Crippen molar-refractivity contribution in [2.24, 2.45) is 0 Å². The molecule has 0 aliphatic heterocycles. The van der Waals surface area contributed by atoms with Crippen molar-refractivity contribution in [1.82, 2.24) is 5.43 Å². The van der Waals surface area contributed by atoms with Crippen LogP contribution >= 0.6 is 34.8 Å². The van der Waals surface area contributed by atoms with Gasteiger partial charge in [-0.1, -0.05) is 46.9 Å². The molecule has 2 rings (SSSR count). The highest BCUT2D eigenvalue weighted by atomic mass is 35.5. The van der Waals surface area contributed by atoms with Gasteiger partial charge in [0.05, 0.1) is 22.3 Å². The second-order valence-corrected chi connectivity index (χ2v) is 5.71. The van der Waals surface area contributed by atoms with Crippen LogP contribution in [0.3, 0.4) is 0 Å². The first kappa shape index (κ1) is 16.9. The molecule has 0 saturated heterocycles. The SMILES string of the molecule is COCc1cccc(C(=O)NNc2c(Cl)cc(Cl)cc2Cl)c1.